The number of rotatable bonds is 9. The predicted molar refractivity (Wildman–Crippen MR) is 95.6 cm³/mol. The third-order valence-electron chi connectivity index (χ3n) is 4.01. The molecule has 19 heavy (non-hydrogen) atoms. The van der Waals surface area contributed by atoms with Crippen LogP contribution >= 0.6 is 22.6 Å². The van der Waals surface area contributed by atoms with Crippen LogP contribution in [0.25, 0.3) is 0 Å². The minimum Gasteiger partial charge on any atom is -0.417 e. The first kappa shape index (κ1) is 19.6. The van der Waals surface area contributed by atoms with Crippen molar-refractivity contribution in [2.75, 3.05) is 13.7 Å². The van der Waals surface area contributed by atoms with Gasteiger partial charge in [-0.3, -0.25) is 0 Å². The molecule has 0 aliphatic heterocycles. The molecule has 0 saturated carbocycles. The monoisotopic (exact) mass is 398 g/mol. The number of unbranched alkanes of at least 4 members (excludes halogenated alkanes) is 1. The second-order valence-corrected chi connectivity index (χ2v) is 12.1. The van der Waals surface area contributed by atoms with Crippen molar-refractivity contribution in [3.8, 4) is 0 Å². The molecule has 0 radical (unpaired) electrons. The van der Waals surface area contributed by atoms with E-state index in [1.54, 1.807) is 7.11 Å². The van der Waals surface area contributed by atoms with E-state index in [0.29, 0.717) is 11.1 Å². The van der Waals surface area contributed by atoms with Crippen LogP contribution < -0.4 is 0 Å². The van der Waals surface area contributed by atoms with Gasteiger partial charge in [0.15, 0.2) is 8.32 Å². The number of methoxy groups -OCH3 is 1. The van der Waals surface area contributed by atoms with Crippen LogP contribution in [0.15, 0.2) is 10.2 Å². The highest BCUT2D eigenvalue weighted by Crippen LogP contribution is 2.36. The molecule has 4 heteroatoms. The Morgan fingerprint density at radius 3 is 2.32 bits per heavy atom. The Bertz CT molecular complexity index is 259. The zero-order chi connectivity index (χ0) is 14.9. The molecule has 0 heterocycles. The number of ether oxygens (including phenoxy) is 1. The van der Waals surface area contributed by atoms with Gasteiger partial charge in [-0.05, 0) is 47.9 Å². The fourth-order valence-corrected chi connectivity index (χ4v) is 2.93. The first-order valence-corrected chi connectivity index (χ1v) is 11.3. The van der Waals surface area contributed by atoms with Gasteiger partial charge in [0.2, 0.25) is 0 Å². The van der Waals surface area contributed by atoms with Crippen LogP contribution in [0, 0.1) is 0 Å². The predicted octanol–water partition coefficient (Wildman–Crippen LogP) is 5.53. The molecule has 0 N–H and O–H groups in total. The Morgan fingerprint density at radius 2 is 1.84 bits per heavy atom. The zero-order valence-electron chi connectivity index (χ0n) is 13.5. The van der Waals surface area contributed by atoms with Crippen molar-refractivity contribution in [2.45, 2.75) is 70.7 Å². The molecular weight excluding hydrogens is 367 g/mol. The van der Waals surface area contributed by atoms with Gasteiger partial charge in [-0.15, -0.1) is 0 Å². The summed E-state index contributed by atoms with van der Waals surface area (Å²) >= 11 is 2.25. The number of hydrogen-bond acceptors (Lipinski definition) is 2. The summed E-state index contributed by atoms with van der Waals surface area (Å²) in [6, 6.07) is 0. The van der Waals surface area contributed by atoms with Crippen LogP contribution in [0.3, 0.4) is 0 Å². The van der Waals surface area contributed by atoms with Crippen molar-refractivity contribution < 1.29 is 9.16 Å². The molecule has 0 amide bonds. The van der Waals surface area contributed by atoms with Crippen LogP contribution in [0.1, 0.15) is 46.5 Å². The lowest BCUT2D eigenvalue weighted by molar-refractivity contribution is 0.0940. The third kappa shape index (κ3) is 8.47. The molecule has 0 unspecified atom stereocenters. The van der Waals surface area contributed by atoms with E-state index in [0.717, 1.165) is 25.9 Å². The highest BCUT2D eigenvalue weighted by atomic mass is 127. The molecule has 0 aliphatic rings. The Kier molecular flexibility index (Phi) is 9.83. The van der Waals surface area contributed by atoms with Gasteiger partial charge in [-0.1, -0.05) is 49.4 Å². The van der Waals surface area contributed by atoms with Crippen LogP contribution in [-0.4, -0.2) is 28.1 Å². The van der Waals surface area contributed by atoms with Crippen molar-refractivity contribution in [3.05, 3.63) is 10.2 Å². The van der Waals surface area contributed by atoms with E-state index in [1.807, 2.05) is 0 Å². The average molecular weight is 398 g/mol. The smallest absolute Gasteiger partial charge is 0.191 e. The Balaban J connectivity index is 3.81. The molecule has 0 aromatic heterocycles. The van der Waals surface area contributed by atoms with E-state index in [4.69, 9.17) is 9.16 Å². The van der Waals surface area contributed by atoms with Gasteiger partial charge in [0.25, 0.3) is 0 Å². The van der Waals surface area contributed by atoms with E-state index >= 15 is 0 Å². The molecular formula is C15H31IO2Si. The molecule has 0 aromatic carbocycles. The standard InChI is InChI=1S/C15H31IO2Si/c1-15(2,3)19(5,6)18-13-8-7-10-14(17-4)11-9-12-16/h9,12,14H,7-8,10-11,13H2,1-6H3/b12-9-/t14-/m0/s1. The maximum Gasteiger partial charge on any atom is 0.191 e. The van der Waals surface area contributed by atoms with Gasteiger partial charge in [0.05, 0.1) is 6.10 Å². The zero-order valence-corrected chi connectivity index (χ0v) is 16.6. The van der Waals surface area contributed by atoms with E-state index in [9.17, 15) is 0 Å². The number of hydrogen-bond donors (Lipinski definition) is 0. The molecule has 1 atom stereocenters. The topological polar surface area (TPSA) is 18.5 Å². The first-order valence-electron chi connectivity index (χ1n) is 7.16. The molecule has 114 valence electrons. The van der Waals surface area contributed by atoms with Crippen molar-refractivity contribution in [3.63, 3.8) is 0 Å². The highest BCUT2D eigenvalue weighted by molar-refractivity contribution is 14.1. The summed E-state index contributed by atoms with van der Waals surface area (Å²) in [5.41, 5.74) is 0. The Hall–Kier alpha value is 0.607. The molecule has 0 spiro atoms. The van der Waals surface area contributed by atoms with E-state index in [2.05, 4.69) is 66.6 Å². The van der Waals surface area contributed by atoms with Gasteiger partial charge in [-0.2, -0.15) is 0 Å². The normalized spacial score (nSPS) is 15.1. The summed E-state index contributed by atoms with van der Waals surface area (Å²) in [4.78, 5) is 0. The van der Waals surface area contributed by atoms with Gasteiger partial charge >= 0.3 is 0 Å². The minimum atomic E-state index is -1.55. The maximum absolute atomic E-state index is 6.17. The van der Waals surface area contributed by atoms with Crippen molar-refractivity contribution in [1.29, 1.82) is 0 Å². The lowest BCUT2D eigenvalue weighted by Crippen LogP contribution is -2.40. The van der Waals surface area contributed by atoms with Crippen LogP contribution in [0.2, 0.25) is 18.1 Å². The maximum atomic E-state index is 6.17. The summed E-state index contributed by atoms with van der Waals surface area (Å²) < 4.78 is 13.7. The second-order valence-electron chi connectivity index (χ2n) is 6.56. The van der Waals surface area contributed by atoms with E-state index in [1.165, 1.54) is 6.42 Å². The lowest BCUT2D eigenvalue weighted by atomic mass is 10.1. The summed E-state index contributed by atoms with van der Waals surface area (Å²) in [5.74, 6) is 0. The van der Waals surface area contributed by atoms with Gasteiger partial charge in [-0.25, -0.2) is 0 Å². The molecule has 0 aromatic rings. The number of halogens is 1. The van der Waals surface area contributed by atoms with Crippen LogP contribution in [0.4, 0.5) is 0 Å². The summed E-state index contributed by atoms with van der Waals surface area (Å²) in [5, 5.41) is 0.313. The summed E-state index contributed by atoms with van der Waals surface area (Å²) in [7, 11) is 0.249. The molecule has 2 nitrogen and oxygen atoms in total. The van der Waals surface area contributed by atoms with Crippen molar-refractivity contribution in [1.82, 2.24) is 0 Å². The van der Waals surface area contributed by atoms with E-state index in [-0.39, 0.29) is 0 Å². The molecule has 0 aliphatic carbocycles. The highest BCUT2D eigenvalue weighted by Gasteiger charge is 2.36. The van der Waals surface area contributed by atoms with E-state index < -0.39 is 8.32 Å². The Morgan fingerprint density at radius 1 is 1.21 bits per heavy atom. The molecule has 0 bridgehead atoms. The third-order valence-corrected chi connectivity index (χ3v) is 9.06. The van der Waals surface area contributed by atoms with Crippen molar-refractivity contribution in [2.24, 2.45) is 0 Å². The molecule has 0 rings (SSSR count). The SMILES string of the molecule is CO[C@H](C/C=C\I)CCCCO[Si](C)(C)C(C)(C)C. The molecule has 0 saturated heterocycles. The largest absolute Gasteiger partial charge is 0.417 e. The second kappa shape index (κ2) is 9.53. The fourth-order valence-electron chi connectivity index (χ4n) is 1.55. The summed E-state index contributed by atoms with van der Waals surface area (Å²) in [6.07, 6.45) is 6.99. The quantitative estimate of drug-likeness (QED) is 0.289. The van der Waals surface area contributed by atoms with Gasteiger partial charge < -0.3 is 9.16 Å². The average Bonchev–Trinajstić information content (AvgIpc) is 2.31. The lowest BCUT2D eigenvalue weighted by Gasteiger charge is -2.36. The van der Waals surface area contributed by atoms with Crippen LogP contribution in [-0.2, 0) is 9.16 Å². The van der Waals surface area contributed by atoms with Crippen molar-refractivity contribution >= 4 is 30.9 Å². The Labute approximate surface area is 134 Å². The van der Waals surface area contributed by atoms with Crippen LogP contribution in [0.5, 0.6) is 0 Å². The minimum absolute atomic E-state index is 0.313. The van der Waals surface area contributed by atoms with Gasteiger partial charge in [0, 0.05) is 13.7 Å². The summed E-state index contributed by atoms with van der Waals surface area (Å²) in [6.45, 7) is 12.4. The molecule has 0 fully saturated rings. The first-order chi connectivity index (χ1) is 8.74. The fraction of sp³-hybridized carbons (Fsp3) is 0.867. The van der Waals surface area contributed by atoms with Gasteiger partial charge in [0.1, 0.15) is 0 Å².